The van der Waals surface area contributed by atoms with Crippen LogP contribution in [0.5, 0.6) is 0 Å². The summed E-state index contributed by atoms with van der Waals surface area (Å²) in [5.74, 6) is 0.0463. The highest BCUT2D eigenvalue weighted by Gasteiger charge is 2.28. The molecule has 0 radical (unpaired) electrons. The van der Waals surface area contributed by atoms with Crippen molar-refractivity contribution in [1.29, 1.82) is 0 Å². The Morgan fingerprint density at radius 1 is 1.29 bits per heavy atom. The van der Waals surface area contributed by atoms with Crippen LogP contribution in [0.3, 0.4) is 0 Å². The van der Waals surface area contributed by atoms with E-state index in [1.807, 2.05) is 35.2 Å². The zero-order chi connectivity index (χ0) is 14.7. The number of benzene rings is 1. The van der Waals surface area contributed by atoms with Gasteiger partial charge in [0, 0.05) is 24.2 Å². The first-order valence-corrected chi connectivity index (χ1v) is 7.66. The fourth-order valence-corrected chi connectivity index (χ4v) is 3.19. The molecule has 1 unspecified atom stereocenters. The van der Waals surface area contributed by atoms with Crippen molar-refractivity contribution in [1.82, 2.24) is 9.88 Å². The quantitative estimate of drug-likeness (QED) is 0.942. The van der Waals surface area contributed by atoms with Gasteiger partial charge in [0.1, 0.15) is 5.69 Å². The van der Waals surface area contributed by atoms with Gasteiger partial charge < -0.3 is 10.6 Å². The number of fused-ring (bicyclic) bond motifs is 1. The number of hydrogen-bond acceptors (Lipinski definition) is 3. The summed E-state index contributed by atoms with van der Waals surface area (Å²) in [4.78, 5) is 19.3. The SMILES string of the molecule is NCCC1CCCCN1C(=O)c1nccc2ccccc12. The molecule has 2 N–H and O–H groups in total. The third kappa shape index (κ3) is 2.76. The van der Waals surface area contributed by atoms with Crippen molar-refractivity contribution in [3.05, 3.63) is 42.2 Å². The van der Waals surface area contributed by atoms with Crippen molar-refractivity contribution in [3.63, 3.8) is 0 Å². The van der Waals surface area contributed by atoms with E-state index in [1.54, 1.807) is 6.20 Å². The van der Waals surface area contributed by atoms with Crippen molar-refractivity contribution in [2.24, 2.45) is 5.73 Å². The average molecular weight is 283 g/mol. The molecule has 0 spiro atoms. The van der Waals surface area contributed by atoms with Crippen LogP contribution < -0.4 is 5.73 Å². The molecule has 1 aromatic heterocycles. The fraction of sp³-hybridized carbons (Fsp3) is 0.412. The van der Waals surface area contributed by atoms with Crippen LogP contribution >= 0.6 is 0 Å². The van der Waals surface area contributed by atoms with Crippen LogP contribution in [0.15, 0.2) is 36.5 Å². The van der Waals surface area contributed by atoms with Crippen molar-refractivity contribution in [3.8, 4) is 0 Å². The number of carbonyl (C=O) groups is 1. The monoisotopic (exact) mass is 283 g/mol. The van der Waals surface area contributed by atoms with Gasteiger partial charge in [-0.1, -0.05) is 24.3 Å². The molecule has 1 aromatic carbocycles. The minimum atomic E-state index is 0.0463. The lowest BCUT2D eigenvalue weighted by Gasteiger charge is -2.35. The van der Waals surface area contributed by atoms with Crippen molar-refractivity contribution in [2.45, 2.75) is 31.7 Å². The summed E-state index contributed by atoms with van der Waals surface area (Å²) >= 11 is 0. The highest BCUT2D eigenvalue weighted by Crippen LogP contribution is 2.24. The molecular formula is C17H21N3O. The average Bonchev–Trinajstić information content (AvgIpc) is 2.54. The van der Waals surface area contributed by atoms with Gasteiger partial charge in [0.05, 0.1) is 0 Å². The van der Waals surface area contributed by atoms with E-state index in [0.717, 1.165) is 36.6 Å². The zero-order valence-electron chi connectivity index (χ0n) is 12.2. The van der Waals surface area contributed by atoms with E-state index in [0.29, 0.717) is 12.2 Å². The first-order chi connectivity index (χ1) is 10.3. The molecular weight excluding hydrogens is 262 g/mol. The molecule has 1 aliphatic rings. The standard InChI is InChI=1S/C17H21N3O/c18-10-8-14-6-3-4-12-20(14)17(21)16-15-7-2-1-5-13(15)9-11-19-16/h1-2,5,7,9,11,14H,3-4,6,8,10,12,18H2. The predicted octanol–water partition coefficient (Wildman–Crippen LogP) is 2.58. The molecule has 1 aliphatic heterocycles. The number of nitrogens with two attached hydrogens (primary N) is 1. The Kier molecular flexibility index (Phi) is 4.15. The fourth-order valence-electron chi connectivity index (χ4n) is 3.19. The minimum absolute atomic E-state index is 0.0463. The largest absolute Gasteiger partial charge is 0.334 e. The molecule has 4 heteroatoms. The van der Waals surface area contributed by atoms with Gasteiger partial charge in [-0.2, -0.15) is 0 Å². The number of nitrogens with zero attached hydrogens (tertiary/aromatic N) is 2. The van der Waals surface area contributed by atoms with Crippen LogP contribution in [-0.4, -0.2) is 34.9 Å². The lowest BCUT2D eigenvalue weighted by molar-refractivity contribution is 0.0601. The summed E-state index contributed by atoms with van der Waals surface area (Å²) in [6, 6.07) is 10.1. The van der Waals surface area contributed by atoms with E-state index in [4.69, 9.17) is 5.73 Å². The van der Waals surface area contributed by atoms with Gasteiger partial charge in [-0.15, -0.1) is 0 Å². The molecule has 0 aliphatic carbocycles. The Labute approximate surface area is 125 Å². The molecule has 1 saturated heterocycles. The Morgan fingerprint density at radius 3 is 3.00 bits per heavy atom. The number of pyridine rings is 1. The maximum atomic E-state index is 12.9. The molecule has 2 aromatic rings. The summed E-state index contributed by atoms with van der Waals surface area (Å²) in [5, 5.41) is 1.99. The number of rotatable bonds is 3. The molecule has 1 atom stereocenters. The van der Waals surface area contributed by atoms with Gasteiger partial charge in [-0.05, 0) is 43.7 Å². The number of amides is 1. The number of likely N-dealkylation sites (tertiary alicyclic amines) is 1. The summed E-state index contributed by atoms with van der Waals surface area (Å²) in [6.07, 6.45) is 5.89. The second-order valence-electron chi connectivity index (χ2n) is 5.61. The van der Waals surface area contributed by atoms with Crippen molar-refractivity contribution < 1.29 is 4.79 Å². The van der Waals surface area contributed by atoms with Crippen LogP contribution in [-0.2, 0) is 0 Å². The van der Waals surface area contributed by atoms with Gasteiger partial charge >= 0.3 is 0 Å². The number of aromatic nitrogens is 1. The summed E-state index contributed by atoms with van der Waals surface area (Å²) in [5.41, 5.74) is 6.26. The summed E-state index contributed by atoms with van der Waals surface area (Å²) < 4.78 is 0. The van der Waals surface area contributed by atoms with Gasteiger partial charge in [-0.25, -0.2) is 0 Å². The maximum absolute atomic E-state index is 12.9. The highest BCUT2D eigenvalue weighted by atomic mass is 16.2. The number of carbonyl (C=O) groups excluding carboxylic acids is 1. The lowest BCUT2D eigenvalue weighted by Crippen LogP contribution is -2.45. The van der Waals surface area contributed by atoms with Gasteiger partial charge in [0.25, 0.3) is 5.91 Å². The molecule has 0 saturated carbocycles. The van der Waals surface area contributed by atoms with Crippen LogP contribution in [0, 0.1) is 0 Å². The van der Waals surface area contributed by atoms with E-state index in [9.17, 15) is 4.79 Å². The predicted molar refractivity (Wildman–Crippen MR) is 84.1 cm³/mol. The Morgan fingerprint density at radius 2 is 2.14 bits per heavy atom. The second kappa shape index (κ2) is 6.22. The molecule has 1 fully saturated rings. The first kappa shape index (κ1) is 14.0. The lowest BCUT2D eigenvalue weighted by atomic mass is 9.98. The highest BCUT2D eigenvalue weighted by molar-refractivity contribution is 6.05. The second-order valence-corrected chi connectivity index (χ2v) is 5.61. The zero-order valence-corrected chi connectivity index (χ0v) is 12.2. The third-order valence-corrected chi connectivity index (χ3v) is 4.26. The Bertz CT molecular complexity index is 633. The van der Waals surface area contributed by atoms with E-state index in [1.165, 1.54) is 6.42 Å². The molecule has 21 heavy (non-hydrogen) atoms. The van der Waals surface area contributed by atoms with Crippen molar-refractivity contribution in [2.75, 3.05) is 13.1 Å². The van der Waals surface area contributed by atoms with E-state index in [-0.39, 0.29) is 11.9 Å². The third-order valence-electron chi connectivity index (χ3n) is 4.26. The molecule has 4 nitrogen and oxygen atoms in total. The Balaban J connectivity index is 1.95. The van der Waals surface area contributed by atoms with Crippen LogP contribution in [0.1, 0.15) is 36.2 Å². The molecule has 1 amide bonds. The van der Waals surface area contributed by atoms with Crippen molar-refractivity contribution >= 4 is 16.7 Å². The molecule has 110 valence electrons. The summed E-state index contributed by atoms with van der Waals surface area (Å²) in [6.45, 7) is 1.44. The summed E-state index contributed by atoms with van der Waals surface area (Å²) in [7, 11) is 0. The molecule has 0 bridgehead atoms. The van der Waals surface area contributed by atoms with E-state index >= 15 is 0 Å². The Hall–Kier alpha value is -1.94. The van der Waals surface area contributed by atoms with Crippen LogP contribution in [0.2, 0.25) is 0 Å². The smallest absolute Gasteiger partial charge is 0.273 e. The van der Waals surface area contributed by atoms with Gasteiger partial charge in [-0.3, -0.25) is 9.78 Å². The van der Waals surface area contributed by atoms with Gasteiger partial charge in [0.15, 0.2) is 0 Å². The number of hydrogen-bond donors (Lipinski definition) is 1. The topological polar surface area (TPSA) is 59.2 Å². The normalized spacial score (nSPS) is 18.9. The molecule has 2 heterocycles. The van der Waals surface area contributed by atoms with E-state index < -0.39 is 0 Å². The maximum Gasteiger partial charge on any atom is 0.273 e. The van der Waals surface area contributed by atoms with Gasteiger partial charge in [0.2, 0.25) is 0 Å². The van der Waals surface area contributed by atoms with E-state index in [2.05, 4.69) is 4.98 Å². The van der Waals surface area contributed by atoms with Crippen LogP contribution in [0.4, 0.5) is 0 Å². The molecule has 3 rings (SSSR count). The first-order valence-electron chi connectivity index (χ1n) is 7.66. The van der Waals surface area contributed by atoms with Crippen LogP contribution in [0.25, 0.3) is 10.8 Å². The minimum Gasteiger partial charge on any atom is -0.334 e. The number of piperidine rings is 1.